The number of amides is 1. The van der Waals surface area contributed by atoms with Crippen molar-refractivity contribution < 1.29 is 4.79 Å². The van der Waals surface area contributed by atoms with Crippen LogP contribution in [0.15, 0.2) is 12.1 Å². The number of nitrogens with zero attached hydrogens (tertiary/aromatic N) is 1. The molecule has 0 aliphatic heterocycles. The van der Waals surface area contributed by atoms with Gasteiger partial charge in [0.15, 0.2) is 0 Å². The van der Waals surface area contributed by atoms with E-state index < -0.39 is 0 Å². The summed E-state index contributed by atoms with van der Waals surface area (Å²) in [7, 11) is 0. The summed E-state index contributed by atoms with van der Waals surface area (Å²) in [6.45, 7) is 2.00. The minimum Gasteiger partial charge on any atom is -0.384 e. The normalized spacial score (nSPS) is 16.5. The molecule has 1 aromatic heterocycles. The average Bonchev–Trinajstić information content (AvgIpc) is 2.39. The molecule has 0 atom stereocenters. The molecular weight excluding hydrogens is 226 g/mol. The predicted octanol–water partition coefficient (Wildman–Crippen LogP) is 2.29. The van der Waals surface area contributed by atoms with Crippen molar-refractivity contribution in [2.75, 3.05) is 5.73 Å². The molecule has 2 rings (SSSR count). The highest BCUT2D eigenvalue weighted by Gasteiger charge is 2.17. The second-order valence-electron chi connectivity index (χ2n) is 4.93. The molecule has 98 valence electrons. The summed E-state index contributed by atoms with van der Waals surface area (Å²) in [4.78, 5) is 16.3. The Kier molecular flexibility index (Phi) is 4.18. The highest BCUT2D eigenvalue weighted by Crippen LogP contribution is 2.18. The molecule has 4 nitrogen and oxygen atoms in total. The molecule has 1 heterocycles. The molecule has 1 saturated carbocycles. The van der Waals surface area contributed by atoms with Gasteiger partial charge in [0, 0.05) is 17.3 Å². The summed E-state index contributed by atoms with van der Waals surface area (Å²) in [5.74, 6) is 0.397. The Morgan fingerprint density at radius 1 is 1.39 bits per heavy atom. The maximum absolute atomic E-state index is 12.1. The number of hydrogen-bond donors (Lipinski definition) is 2. The van der Waals surface area contributed by atoms with Crippen LogP contribution in [0.25, 0.3) is 0 Å². The van der Waals surface area contributed by atoms with Crippen molar-refractivity contribution in [2.24, 2.45) is 0 Å². The summed E-state index contributed by atoms with van der Waals surface area (Å²) < 4.78 is 0. The molecule has 0 spiro atoms. The smallest absolute Gasteiger partial charge is 0.251 e. The molecule has 0 unspecified atom stereocenters. The van der Waals surface area contributed by atoms with E-state index >= 15 is 0 Å². The van der Waals surface area contributed by atoms with Gasteiger partial charge < -0.3 is 11.1 Å². The van der Waals surface area contributed by atoms with Crippen LogP contribution in [0.4, 0.5) is 5.82 Å². The van der Waals surface area contributed by atoms with Gasteiger partial charge in [-0.2, -0.15) is 0 Å². The van der Waals surface area contributed by atoms with Gasteiger partial charge in [-0.05, 0) is 31.4 Å². The van der Waals surface area contributed by atoms with E-state index in [1.165, 1.54) is 19.3 Å². The summed E-state index contributed by atoms with van der Waals surface area (Å²) in [6.07, 6.45) is 6.68. The van der Waals surface area contributed by atoms with Gasteiger partial charge in [0.25, 0.3) is 5.91 Å². The summed E-state index contributed by atoms with van der Waals surface area (Å²) in [5, 5.41) is 3.09. The van der Waals surface area contributed by atoms with Gasteiger partial charge in [-0.25, -0.2) is 4.98 Å². The third-order valence-electron chi connectivity index (χ3n) is 3.46. The van der Waals surface area contributed by atoms with Crippen molar-refractivity contribution in [3.63, 3.8) is 0 Å². The fraction of sp³-hybridized carbons (Fsp3) is 0.571. The Morgan fingerprint density at radius 3 is 2.78 bits per heavy atom. The van der Waals surface area contributed by atoms with E-state index in [0.29, 0.717) is 17.4 Å². The minimum atomic E-state index is -0.0225. The van der Waals surface area contributed by atoms with Crippen LogP contribution < -0.4 is 11.1 Å². The first kappa shape index (κ1) is 12.9. The number of nitrogens with one attached hydrogen (secondary N) is 1. The third-order valence-corrected chi connectivity index (χ3v) is 3.46. The van der Waals surface area contributed by atoms with Gasteiger partial charge in [-0.3, -0.25) is 4.79 Å². The van der Waals surface area contributed by atoms with E-state index in [2.05, 4.69) is 10.3 Å². The van der Waals surface area contributed by atoms with Crippen molar-refractivity contribution in [3.05, 3.63) is 23.4 Å². The third kappa shape index (κ3) is 3.22. The van der Waals surface area contributed by atoms with E-state index in [4.69, 9.17) is 5.73 Å². The molecule has 0 saturated heterocycles. The van der Waals surface area contributed by atoms with Crippen LogP contribution in [0.5, 0.6) is 0 Å². The van der Waals surface area contributed by atoms with E-state index in [1.807, 2.05) is 13.0 Å². The van der Waals surface area contributed by atoms with Gasteiger partial charge in [0.2, 0.25) is 0 Å². The van der Waals surface area contributed by atoms with Crippen molar-refractivity contribution in [1.29, 1.82) is 0 Å². The molecule has 1 aromatic rings. The van der Waals surface area contributed by atoms with Crippen LogP contribution >= 0.6 is 0 Å². The highest BCUT2D eigenvalue weighted by molar-refractivity contribution is 5.95. The van der Waals surface area contributed by atoms with Gasteiger partial charge in [-0.15, -0.1) is 0 Å². The zero-order valence-electron chi connectivity index (χ0n) is 10.9. The maximum atomic E-state index is 12.1. The van der Waals surface area contributed by atoms with Crippen molar-refractivity contribution >= 4 is 11.7 Å². The number of aryl methyl sites for hydroxylation is 1. The van der Waals surface area contributed by atoms with Crippen LogP contribution in [0.1, 0.15) is 55.1 Å². The second-order valence-corrected chi connectivity index (χ2v) is 4.93. The van der Waals surface area contributed by atoms with Crippen LogP contribution in [-0.2, 0) is 6.42 Å². The maximum Gasteiger partial charge on any atom is 0.251 e. The predicted molar refractivity (Wildman–Crippen MR) is 72.4 cm³/mol. The lowest BCUT2D eigenvalue weighted by Crippen LogP contribution is -2.36. The molecule has 0 bridgehead atoms. The summed E-state index contributed by atoms with van der Waals surface area (Å²) >= 11 is 0. The molecule has 1 aliphatic rings. The lowest BCUT2D eigenvalue weighted by Gasteiger charge is -2.22. The van der Waals surface area contributed by atoms with Gasteiger partial charge >= 0.3 is 0 Å². The number of rotatable bonds is 3. The first-order valence-corrected chi connectivity index (χ1v) is 6.76. The molecule has 0 radical (unpaired) electrons. The average molecular weight is 247 g/mol. The molecule has 1 fully saturated rings. The van der Waals surface area contributed by atoms with Crippen LogP contribution in [-0.4, -0.2) is 16.9 Å². The highest BCUT2D eigenvalue weighted by atomic mass is 16.1. The number of nitrogens with two attached hydrogens (primary N) is 1. The quantitative estimate of drug-likeness (QED) is 0.861. The molecule has 1 amide bonds. The van der Waals surface area contributed by atoms with Crippen LogP contribution in [0, 0.1) is 0 Å². The first-order chi connectivity index (χ1) is 8.69. The van der Waals surface area contributed by atoms with Crippen molar-refractivity contribution in [3.8, 4) is 0 Å². The number of hydrogen-bond acceptors (Lipinski definition) is 3. The lowest BCUT2D eigenvalue weighted by molar-refractivity contribution is 0.0927. The number of aromatic nitrogens is 1. The van der Waals surface area contributed by atoms with E-state index in [0.717, 1.165) is 25.0 Å². The Morgan fingerprint density at radius 2 is 2.11 bits per heavy atom. The van der Waals surface area contributed by atoms with E-state index in [9.17, 15) is 4.79 Å². The zero-order valence-corrected chi connectivity index (χ0v) is 10.9. The Labute approximate surface area is 108 Å². The molecule has 3 N–H and O–H groups in total. The minimum absolute atomic E-state index is 0.0225. The van der Waals surface area contributed by atoms with Crippen molar-refractivity contribution in [1.82, 2.24) is 10.3 Å². The Hall–Kier alpha value is -1.58. The monoisotopic (exact) mass is 247 g/mol. The van der Waals surface area contributed by atoms with Gasteiger partial charge in [-0.1, -0.05) is 26.2 Å². The number of carbonyl (C=O) groups is 1. The molecular formula is C14H21N3O. The summed E-state index contributed by atoms with van der Waals surface area (Å²) in [5.41, 5.74) is 7.21. The molecule has 4 heteroatoms. The van der Waals surface area contributed by atoms with E-state index in [1.54, 1.807) is 6.07 Å². The van der Waals surface area contributed by atoms with Gasteiger partial charge in [0.05, 0.1) is 0 Å². The van der Waals surface area contributed by atoms with E-state index in [-0.39, 0.29) is 5.91 Å². The fourth-order valence-corrected chi connectivity index (χ4v) is 2.44. The first-order valence-electron chi connectivity index (χ1n) is 6.76. The fourth-order valence-electron chi connectivity index (χ4n) is 2.44. The molecule has 1 aliphatic carbocycles. The number of anilines is 1. The van der Waals surface area contributed by atoms with Gasteiger partial charge in [0.1, 0.15) is 5.82 Å². The topological polar surface area (TPSA) is 68.0 Å². The number of carbonyl (C=O) groups excluding carboxylic acids is 1. The molecule has 0 aromatic carbocycles. The van der Waals surface area contributed by atoms with Crippen molar-refractivity contribution in [2.45, 2.75) is 51.5 Å². The standard InChI is InChI=1S/C14H21N3O/c1-2-11-8-10(9-13(15)16-11)14(18)17-12-6-4-3-5-7-12/h8-9,12H,2-7H2,1H3,(H2,15,16)(H,17,18). The Balaban J connectivity index is 2.05. The largest absolute Gasteiger partial charge is 0.384 e. The SMILES string of the molecule is CCc1cc(C(=O)NC2CCCCC2)cc(N)n1. The Bertz CT molecular complexity index is 425. The molecule has 18 heavy (non-hydrogen) atoms. The summed E-state index contributed by atoms with van der Waals surface area (Å²) in [6, 6.07) is 3.80. The second kappa shape index (κ2) is 5.85. The number of nitrogen functional groups attached to an aromatic ring is 1. The van der Waals surface area contributed by atoms with Crippen LogP contribution in [0.3, 0.4) is 0 Å². The number of pyridine rings is 1. The lowest BCUT2D eigenvalue weighted by atomic mass is 9.95. The van der Waals surface area contributed by atoms with Crippen LogP contribution in [0.2, 0.25) is 0 Å². The zero-order chi connectivity index (χ0) is 13.0.